The molecule has 0 radical (unpaired) electrons. The molecule has 2 aromatic rings. The maximum absolute atomic E-state index is 12.8. The van der Waals surface area contributed by atoms with Crippen LogP contribution in [-0.2, 0) is 0 Å². The number of carbonyl (C=O) groups is 1. The van der Waals surface area contributed by atoms with E-state index < -0.39 is 0 Å². The molecule has 3 nitrogen and oxygen atoms in total. The van der Waals surface area contributed by atoms with Gasteiger partial charge in [-0.05, 0) is 43.7 Å². The van der Waals surface area contributed by atoms with Gasteiger partial charge in [-0.1, -0.05) is 30.3 Å². The van der Waals surface area contributed by atoms with Crippen molar-refractivity contribution in [3.63, 3.8) is 0 Å². The Balaban J connectivity index is 2.51. The fourth-order valence-electron chi connectivity index (χ4n) is 2.34. The van der Waals surface area contributed by atoms with Crippen molar-refractivity contribution < 1.29 is 9.90 Å². The molecule has 0 saturated heterocycles. The lowest BCUT2D eigenvalue weighted by molar-refractivity contribution is 0.0614. The zero-order valence-electron chi connectivity index (χ0n) is 12.8. The van der Waals surface area contributed by atoms with Crippen LogP contribution in [0, 0.1) is 0 Å². The molecule has 0 saturated carbocycles. The Morgan fingerprint density at radius 2 is 1.81 bits per heavy atom. The van der Waals surface area contributed by atoms with Gasteiger partial charge in [0.1, 0.15) is 5.75 Å². The second-order valence-corrected chi connectivity index (χ2v) is 6.09. The molecular formula is C18H21NO2. The first kappa shape index (κ1) is 15.1. The van der Waals surface area contributed by atoms with Crippen molar-refractivity contribution in [2.75, 3.05) is 6.54 Å². The van der Waals surface area contributed by atoms with E-state index >= 15 is 0 Å². The minimum Gasteiger partial charge on any atom is -0.507 e. The van der Waals surface area contributed by atoms with Crippen molar-refractivity contribution in [3.05, 3.63) is 54.6 Å². The first-order valence-electron chi connectivity index (χ1n) is 6.99. The van der Waals surface area contributed by atoms with E-state index in [0.717, 1.165) is 10.8 Å². The molecule has 0 aliphatic heterocycles. The number of rotatable bonds is 3. The molecule has 0 bridgehead atoms. The van der Waals surface area contributed by atoms with Crippen molar-refractivity contribution in [1.29, 1.82) is 0 Å². The lowest BCUT2D eigenvalue weighted by Gasteiger charge is -2.35. The molecule has 2 rings (SSSR count). The van der Waals surface area contributed by atoms with Crippen LogP contribution in [0.1, 0.15) is 31.1 Å². The van der Waals surface area contributed by atoms with Crippen LogP contribution in [0.2, 0.25) is 0 Å². The largest absolute Gasteiger partial charge is 0.507 e. The summed E-state index contributed by atoms with van der Waals surface area (Å²) in [5.74, 6) is -0.178. The zero-order chi connectivity index (χ0) is 15.6. The maximum atomic E-state index is 12.8. The molecule has 0 fully saturated rings. The van der Waals surface area contributed by atoms with Crippen LogP contribution in [0.15, 0.2) is 49.1 Å². The first-order valence-corrected chi connectivity index (χ1v) is 6.99. The predicted octanol–water partition coefficient (Wildman–Crippen LogP) is 3.97. The van der Waals surface area contributed by atoms with E-state index in [9.17, 15) is 9.90 Å². The summed E-state index contributed by atoms with van der Waals surface area (Å²) in [6.07, 6.45) is 1.70. The second-order valence-electron chi connectivity index (χ2n) is 6.09. The number of carbonyl (C=O) groups excluding carboxylic acids is 1. The van der Waals surface area contributed by atoms with Crippen molar-refractivity contribution in [2.24, 2.45) is 0 Å². The summed E-state index contributed by atoms with van der Waals surface area (Å²) in [6.45, 7) is 10.0. The fraction of sp³-hybridized carbons (Fsp3) is 0.278. The normalized spacial score (nSPS) is 11.4. The molecule has 2 aromatic carbocycles. The van der Waals surface area contributed by atoms with Gasteiger partial charge in [0.25, 0.3) is 5.91 Å². The summed E-state index contributed by atoms with van der Waals surface area (Å²) in [4.78, 5) is 14.5. The Morgan fingerprint density at radius 1 is 1.24 bits per heavy atom. The molecule has 0 heterocycles. The van der Waals surface area contributed by atoms with E-state index in [4.69, 9.17) is 0 Å². The Hall–Kier alpha value is -2.29. The van der Waals surface area contributed by atoms with Crippen LogP contribution >= 0.6 is 0 Å². The highest BCUT2D eigenvalue weighted by Crippen LogP contribution is 2.28. The monoisotopic (exact) mass is 283 g/mol. The van der Waals surface area contributed by atoms with Gasteiger partial charge in [0.05, 0.1) is 5.56 Å². The molecule has 0 aliphatic rings. The van der Waals surface area contributed by atoms with Gasteiger partial charge in [0, 0.05) is 12.1 Å². The average Bonchev–Trinajstić information content (AvgIpc) is 2.42. The number of phenols is 1. The van der Waals surface area contributed by atoms with Gasteiger partial charge in [-0.2, -0.15) is 0 Å². The number of nitrogens with zero attached hydrogens (tertiary/aromatic N) is 1. The Kier molecular flexibility index (Phi) is 4.03. The Morgan fingerprint density at radius 3 is 2.33 bits per heavy atom. The van der Waals surface area contributed by atoms with E-state index in [-0.39, 0.29) is 17.2 Å². The zero-order valence-corrected chi connectivity index (χ0v) is 12.8. The van der Waals surface area contributed by atoms with Gasteiger partial charge in [-0.15, -0.1) is 6.58 Å². The van der Waals surface area contributed by atoms with Crippen LogP contribution in [0.4, 0.5) is 0 Å². The van der Waals surface area contributed by atoms with Crippen molar-refractivity contribution in [2.45, 2.75) is 26.3 Å². The summed E-state index contributed by atoms with van der Waals surface area (Å²) >= 11 is 0. The lowest BCUT2D eigenvalue weighted by atomic mass is 10.0. The average molecular weight is 283 g/mol. The third-order valence-electron chi connectivity index (χ3n) is 3.46. The highest BCUT2D eigenvalue weighted by atomic mass is 16.3. The van der Waals surface area contributed by atoms with E-state index in [1.807, 2.05) is 45.0 Å². The van der Waals surface area contributed by atoms with Gasteiger partial charge in [-0.25, -0.2) is 0 Å². The van der Waals surface area contributed by atoms with Crippen LogP contribution in [0.25, 0.3) is 10.8 Å². The van der Waals surface area contributed by atoms with E-state index in [0.29, 0.717) is 12.1 Å². The van der Waals surface area contributed by atoms with E-state index in [1.165, 1.54) is 0 Å². The predicted molar refractivity (Wildman–Crippen MR) is 86.6 cm³/mol. The van der Waals surface area contributed by atoms with Crippen LogP contribution in [-0.4, -0.2) is 28.0 Å². The van der Waals surface area contributed by atoms with Crippen LogP contribution in [0.5, 0.6) is 5.75 Å². The van der Waals surface area contributed by atoms with Crippen LogP contribution < -0.4 is 0 Å². The molecule has 110 valence electrons. The Bertz CT molecular complexity index is 683. The molecule has 21 heavy (non-hydrogen) atoms. The van der Waals surface area contributed by atoms with Gasteiger partial charge < -0.3 is 10.0 Å². The van der Waals surface area contributed by atoms with Gasteiger partial charge in [0.15, 0.2) is 0 Å². The molecule has 0 aromatic heterocycles. The summed E-state index contributed by atoms with van der Waals surface area (Å²) in [5.41, 5.74) is -0.0194. The number of aromatic hydroxyl groups is 1. The van der Waals surface area contributed by atoms with Gasteiger partial charge in [0.2, 0.25) is 0 Å². The molecule has 1 amide bonds. The molecule has 0 atom stereocenters. The Labute approximate surface area is 125 Å². The number of amides is 1. The topological polar surface area (TPSA) is 40.5 Å². The SMILES string of the molecule is C=CCN(C(=O)c1cc2ccccc2cc1O)C(C)(C)C. The standard InChI is InChI=1S/C18H21NO2/c1-5-10-19(18(2,3)4)17(21)15-11-13-8-6-7-9-14(13)12-16(15)20/h5-9,11-12,20H,1,10H2,2-4H3. The highest BCUT2D eigenvalue weighted by Gasteiger charge is 2.28. The minimum atomic E-state index is -0.344. The van der Waals surface area contributed by atoms with E-state index in [2.05, 4.69) is 6.58 Å². The summed E-state index contributed by atoms with van der Waals surface area (Å²) in [6, 6.07) is 11.0. The molecular weight excluding hydrogens is 262 g/mol. The number of fused-ring (bicyclic) bond motifs is 1. The van der Waals surface area contributed by atoms with Gasteiger partial charge in [-0.3, -0.25) is 4.79 Å². The maximum Gasteiger partial charge on any atom is 0.258 e. The van der Waals surface area contributed by atoms with Gasteiger partial charge >= 0.3 is 0 Å². The molecule has 1 N–H and O–H groups in total. The number of phenolic OH excluding ortho intramolecular Hbond substituents is 1. The quantitative estimate of drug-likeness (QED) is 0.866. The lowest BCUT2D eigenvalue weighted by Crippen LogP contribution is -2.45. The fourth-order valence-corrected chi connectivity index (χ4v) is 2.34. The highest BCUT2D eigenvalue weighted by molar-refractivity contribution is 6.01. The minimum absolute atomic E-state index is 0.0111. The molecule has 0 unspecified atom stereocenters. The third-order valence-corrected chi connectivity index (χ3v) is 3.46. The summed E-state index contributed by atoms with van der Waals surface area (Å²) in [7, 11) is 0. The summed E-state index contributed by atoms with van der Waals surface area (Å²) < 4.78 is 0. The molecule has 0 spiro atoms. The smallest absolute Gasteiger partial charge is 0.258 e. The number of hydrogen-bond donors (Lipinski definition) is 1. The number of hydrogen-bond acceptors (Lipinski definition) is 2. The van der Waals surface area contributed by atoms with Crippen LogP contribution in [0.3, 0.4) is 0 Å². The van der Waals surface area contributed by atoms with Crippen molar-refractivity contribution in [3.8, 4) is 5.75 Å². The molecule has 3 heteroatoms. The van der Waals surface area contributed by atoms with Crippen molar-refractivity contribution in [1.82, 2.24) is 4.90 Å². The van der Waals surface area contributed by atoms with Crippen molar-refractivity contribution >= 4 is 16.7 Å². The molecule has 0 aliphatic carbocycles. The first-order chi connectivity index (χ1) is 9.84. The number of benzene rings is 2. The second kappa shape index (κ2) is 5.60. The third kappa shape index (κ3) is 3.07. The van der Waals surface area contributed by atoms with E-state index in [1.54, 1.807) is 23.1 Å². The summed E-state index contributed by atoms with van der Waals surface area (Å²) in [5, 5.41) is 12.0.